The Morgan fingerprint density at radius 1 is 0.943 bits per heavy atom. The molecule has 35 heavy (non-hydrogen) atoms. The van der Waals surface area contributed by atoms with Crippen molar-refractivity contribution in [2.24, 2.45) is 5.73 Å². The van der Waals surface area contributed by atoms with Gasteiger partial charge < -0.3 is 30.4 Å². The number of likely N-dealkylation sites (tertiary alicyclic amines) is 1. The molecule has 0 aliphatic carbocycles. The van der Waals surface area contributed by atoms with Crippen LogP contribution in [0, 0.1) is 0 Å². The van der Waals surface area contributed by atoms with Crippen LogP contribution in [0.25, 0.3) is 5.69 Å². The van der Waals surface area contributed by atoms with Gasteiger partial charge in [0.2, 0.25) is 0 Å². The molecule has 184 valence electrons. The van der Waals surface area contributed by atoms with E-state index in [0.29, 0.717) is 24.5 Å². The SMILES string of the molecule is CC(C)(C)OC(=O)N1CCC(c2cn(-c3ccc(Oc4ccccc4)cc3)c(C(N)=O)c2N)CC1. The van der Waals surface area contributed by atoms with E-state index in [4.69, 9.17) is 20.9 Å². The fourth-order valence-electron chi connectivity index (χ4n) is 4.32. The number of carbonyl (C=O) groups excluding carboxylic acids is 2. The molecule has 8 nitrogen and oxygen atoms in total. The minimum absolute atomic E-state index is 0.105. The number of para-hydroxylation sites is 1. The van der Waals surface area contributed by atoms with Crippen LogP contribution in [-0.4, -0.2) is 40.2 Å². The van der Waals surface area contributed by atoms with Crippen LogP contribution in [0.3, 0.4) is 0 Å². The summed E-state index contributed by atoms with van der Waals surface area (Å²) in [5.74, 6) is 0.928. The van der Waals surface area contributed by atoms with Gasteiger partial charge in [-0.1, -0.05) is 18.2 Å². The minimum atomic E-state index is -0.593. The molecule has 0 spiro atoms. The van der Waals surface area contributed by atoms with Crippen LogP contribution in [-0.2, 0) is 4.74 Å². The average Bonchev–Trinajstić information content (AvgIpc) is 3.16. The van der Waals surface area contributed by atoms with Crippen LogP contribution < -0.4 is 16.2 Å². The van der Waals surface area contributed by atoms with Gasteiger partial charge in [-0.15, -0.1) is 0 Å². The predicted molar refractivity (Wildman–Crippen MR) is 135 cm³/mol. The Morgan fingerprint density at radius 2 is 1.54 bits per heavy atom. The fourth-order valence-corrected chi connectivity index (χ4v) is 4.32. The van der Waals surface area contributed by atoms with Crippen LogP contribution >= 0.6 is 0 Å². The summed E-state index contributed by atoms with van der Waals surface area (Å²) in [6.07, 6.45) is 3.01. The number of nitrogens with zero attached hydrogens (tertiary/aromatic N) is 2. The first kappa shape index (κ1) is 24.2. The number of ether oxygens (including phenoxy) is 2. The molecule has 1 aliphatic heterocycles. The van der Waals surface area contributed by atoms with E-state index in [9.17, 15) is 9.59 Å². The second-order valence-corrected chi connectivity index (χ2v) is 9.73. The second kappa shape index (κ2) is 9.74. The lowest BCUT2D eigenvalue weighted by atomic mass is 9.90. The topological polar surface area (TPSA) is 113 Å². The van der Waals surface area contributed by atoms with Crippen molar-refractivity contribution in [2.45, 2.75) is 45.1 Å². The molecular weight excluding hydrogens is 444 g/mol. The number of rotatable bonds is 5. The zero-order valence-electron chi connectivity index (χ0n) is 20.4. The van der Waals surface area contributed by atoms with Crippen molar-refractivity contribution in [3.8, 4) is 17.2 Å². The van der Waals surface area contributed by atoms with Gasteiger partial charge in [0.05, 0.1) is 5.69 Å². The maximum Gasteiger partial charge on any atom is 0.410 e. The Labute approximate surface area is 205 Å². The molecule has 2 heterocycles. The Hall–Kier alpha value is -3.94. The van der Waals surface area contributed by atoms with Crippen LogP contribution in [0.4, 0.5) is 10.5 Å². The van der Waals surface area contributed by atoms with Gasteiger partial charge >= 0.3 is 6.09 Å². The normalized spacial score (nSPS) is 14.5. The first-order chi connectivity index (χ1) is 16.6. The third-order valence-corrected chi connectivity index (χ3v) is 5.99. The summed E-state index contributed by atoms with van der Waals surface area (Å²) < 4.78 is 13.1. The summed E-state index contributed by atoms with van der Waals surface area (Å²) >= 11 is 0. The van der Waals surface area contributed by atoms with E-state index < -0.39 is 11.5 Å². The number of piperidine rings is 1. The van der Waals surface area contributed by atoms with Crippen LogP contribution in [0.1, 0.15) is 55.6 Å². The first-order valence-corrected chi connectivity index (χ1v) is 11.7. The Morgan fingerprint density at radius 3 is 2.11 bits per heavy atom. The van der Waals surface area contributed by atoms with Crippen molar-refractivity contribution in [1.82, 2.24) is 9.47 Å². The highest BCUT2D eigenvalue weighted by molar-refractivity contribution is 5.98. The third-order valence-electron chi connectivity index (χ3n) is 5.99. The molecule has 4 N–H and O–H groups in total. The molecule has 0 bridgehead atoms. The standard InChI is InChI=1S/C27H32N4O4/c1-27(2,3)35-26(33)30-15-13-18(14-16-30)22-17-31(24(23(22)28)25(29)32)19-9-11-21(12-10-19)34-20-7-5-4-6-8-20/h4-12,17-18H,13-16,28H2,1-3H3,(H2,29,32). The number of carbonyl (C=O) groups is 2. The monoisotopic (exact) mass is 476 g/mol. The van der Waals surface area contributed by atoms with Crippen molar-refractivity contribution in [2.75, 3.05) is 18.8 Å². The Bertz CT molecular complexity index is 1190. The quantitative estimate of drug-likeness (QED) is 0.534. The molecule has 1 saturated heterocycles. The number of nitrogens with two attached hydrogens (primary N) is 2. The summed E-state index contributed by atoms with van der Waals surface area (Å²) in [5, 5.41) is 0. The highest BCUT2D eigenvalue weighted by atomic mass is 16.6. The molecule has 0 unspecified atom stereocenters. The molecule has 1 fully saturated rings. The van der Waals surface area contributed by atoms with Crippen molar-refractivity contribution < 1.29 is 19.1 Å². The van der Waals surface area contributed by atoms with E-state index in [1.54, 1.807) is 9.47 Å². The summed E-state index contributed by atoms with van der Waals surface area (Å²) in [4.78, 5) is 26.4. The van der Waals surface area contributed by atoms with Gasteiger partial charge in [-0.25, -0.2) is 4.79 Å². The smallest absolute Gasteiger partial charge is 0.410 e. The molecule has 2 amide bonds. The van der Waals surface area contributed by atoms with E-state index in [1.807, 2.05) is 81.6 Å². The number of anilines is 1. The van der Waals surface area contributed by atoms with Crippen LogP contribution in [0.15, 0.2) is 60.8 Å². The van der Waals surface area contributed by atoms with Gasteiger partial charge in [0, 0.05) is 25.0 Å². The number of hydrogen-bond donors (Lipinski definition) is 2. The van der Waals surface area contributed by atoms with E-state index in [-0.39, 0.29) is 17.7 Å². The van der Waals surface area contributed by atoms with Crippen molar-refractivity contribution in [1.29, 1.82) is 0 Å². The summed E-state index contributed by atoms with van der Waals surface area (Å²) in [6, 6.07) is 16.9. The lowest BCUT2D eigenvalue weighted by Crippen LogP contribution is -2.41. The highest BCUT2D eigenvalue weighted by Gasteiger charge is 2.30. The molecule has 3 aromatic rings. The van der Waals surface area contributed by atoms with Crippen molar-refractivity contribution >= 4 is 17.7 Å². The van der Waals surface area contributed by atoms with Crippen molar-refractivity contribution in [3.63, 3.8) is 0 Å². The van der Waals surface area contributed by atoms with Gasteiger partial charge in [-0.2, -0.15) is 0 Å². The molecule has 1 aliphatic rings. The number of benzene rings is 2. The van der Waals surface area contributed by atoms with Gasteiger partial charge in [0.25, 0.3) is 5.91 Å². The largest absolute Gasteiger partial charge is 0.457 e. The highest BCUT2D eigenvalue weighted by Crippen LogP contribution is 2.36. The van der Waals surface area contributed by atoms with Gasteiger partial charge in [0.15, 0.2) is 0 Å². The first-order valence-electron chi connectivity index (χ1n) is 11.7. The van der Waals surface area contributed by atoms with E-state index in [0.717, 1.165) is 29.8 Å². The molecule has 0 saturated carbocycles. The van der Waals surface area contributed by atoms with Crippen LogP contribution in [0.5, 0.6) is 11.5 Å². The summed E-state index contributed by atoms with van der Waals surface area (Å²) in [7, 11) is 0. The number of amides is 2. The minimum Gasteiger partial charge on any atom is -0.457 e. The van der Waals surface area contributed by atoms with E-state index in [1.165, 1.54) is 0 Å². The number of aromatic nitrogens is 1. The summed E-state index contributed by atoms with van der Waals surface area (Å²) in [6.45, 7) is 6.68. The number of nitrogen functional groups attached to an aromatic ring is 1. The molecule has 0 radical (unpaired) electrons. The number of hydrogen-bond acceptors (Lipinski definition) is 5. The van der Waals surface area contributed by atoms with Crippen molar-refractivity contribution in [3.05, 3.63) is 72.1 Å². The van der Waals surface area contributed by atoms with Gasteiger partial charge in [-0.05, 0) is 81.5 Å². The Kier molecular flexibility index (Phi) is 6.73. The molecule has 1 aromatic heterocycles. The van der Waals surface area contributed by atoms with Gasteiger partial charge in [0.1, 0.15) is 22.8 Å². The molecular formula is C27H32N4O4. The lowest BCUT2D eigenvalue weighted by Gasteiger charge is -2.33. The summed E-state index contributed by atoms with van der Waals surface area (Å²) in [5.41, 5.74) is 13.9. The lowest BCUT2D eigenvalue weighted by molar-refractivity contribution is 0.0205. The fraction of sp³-hybridized carbons (Fsp3) is 0.333. The Balaban J connectivity index is 1.52. The van der Waals surface area contributed by atoms with E-state index in [2.05, 4.69) is 0 Å². The predicted octanol–water partition coefficient (Wildman–Crippen LogP) is 5.07. The molecule has 2 aromatic carbocycles. The third kappa shape index (κ3) is 5.59. The molecule has 8 heteroatoms. The zero-order chi connectivity index (χ0) is 25.2. The van der Waals surface area contributed by atoms with Gasteiger partial charge in [-0.3, -0.25) is 4.79 Å². The maximum absolute atomic E-state index is 12.4. The molecule has 0 atom stereocenters. The van der Waals surface area contributed by atoms with Crippen LogP contribution in [0.2, 0.25) is 0 Å². The zero-order valence-corrected chi connectivity index (χ0v) is 20.4. The molecule has 4 rings (SSSR count). The number of primary amides is 1. The van der Waals surface area contributed by atoms with E-state index >= 15 is 0 Å². The maximum atomic E-state index is 12.4. The average molecular weight is 477 g/mol. The second-order valence-electron chi connectivity index (χ2n) is 9.73.